The molecule has 0 spiro atoms. The number of hydrogen-bond donors (Lipinski definition) is 2. The molecule has 0 bridgehead atoms. The minimum Gasteiger partial charge on any atom is -0.490 e. The minimum atomic E-state index is -0.467. The first kappa shape index (κ1) is 20.7. The van der Waals surface area contributed by atoms with Crippen molar-refractivity contribution in [3.63, 3.8) is 0 Å². The summed E-state index contributed by atoms with van der Waals surface area (Å²) < 4.78 is 16.5. The Morgan fingerprint density at radius 3 is 2.48 bits per heavy atom. The number of methoxy groups -OCH3 is 1. The zero-order chi connectivity index (χ0) is 19.6. The minimum absolute atomic E-state index is 0.207. The highest BCUT2D eigenvalue weighted by Gasteiger charge is 2.11. The molecule has 0 fully saturated rings. The van der Waals surface area contributed by atoms with E-state index in [2.05, 4.69) is 26.8 Å². The molecule has 0 radical (unpaired) electrons. The molecule has 0 aromatic heterocycles. The molecule has 0 atom stereocenters. The second kappa shape index (κ2) is 10.5. The summed E-state index contributed by atoms with van der Waals surface area (Å²) in [6, 6.07) is 12.2. The molecule has 2 N–H and O–H groups in total. The van der Waals surface area contributed by atoms with E-state index in [1.54, 1.807) is 31.4 Å². The lowest BCUT2D eigenvalue weighted by atomic mass is 10.2. The smallest absolute Gasteiger partial charge is 0.276 e. The van der Waals surface area contributed by atoms with Crippen molar-refractivity contribution >= 4 is 27.7 Å². The summed E-state index contributed by atoms with van der Waals surface area (Å²) in [5.41, 5.74) is 5.95. The van der Waals surface area contributed by atoms with E-state index in [1.807, 2.05) is 25.1 Å². The van der Waals surface area contributed by atoms with Crippen molar-refractivity contribution in [2.24, 2.45) is 0 Å². The Bertz CT molecular complexity index is 797. The van der Waals surface area contributed by atoms with Crippen molar-refractivity contribution in [1.82, 2.24) is 10.9 Å². The van der Waals surface area contributed by atoms with Crippen LogP contribution in [0.3, 0.4) is 0 Å². The van der Waals surface area contributed by atoms with Crippen LogP contribution in [0.4, 0.5) is 0 Å². The van der Waals surface area contributed by atoms with Crippen molar-refractivity contribution < 1.29 is 23.8 Å². The quantitative estimate of drug-likeness (QED) is 0.490. The van der Waals surface area contributed by atoms with Crippen LogP contribution in [0, 0.1) is 6.92 Å². The number of halogens is 1. The molecular weight excluding hydrogens is 416 g/mol. The van der Waals surface area contributed by atoms with E-state index in [4.69, 9.17) is 14.2 Å². The van der Waals surface area contributed by atoms with Crippen molar-refractivity contribution in [3.05, 3.63) is 58.1 Å². The van der Waals surface area contributed by atoms with Gasteiger partial charge in [-0.15, -0.1) is 0 Å². The first-order valence-corrected chi connectivity index (χ1v) is 8.99. The number of hydrogen-bond acceptors (Lipinski definition) is 5. The van der Waals surface area contributed by atoms with Gasteiger partial charge in [0.15, 0.2) is 6.61 Å². The maximum absolute atomic E-state index is 12.2. The van der Waals surface area contributed by atoms with Crippen LogP contribution in [0.15, 0.2) is 46.9 Å². The molecule has 0 aliphatic carbocycles. The SMILES string of the molecule is COCCOc1ccc(C(=O)NNC(=O)COc2ccccc2C)cc1Br. The molecule has 8 heteroatoms. The fourth-order valence-electron chi connectivity index (χ4n) is 2.09. The third-order valence-electron chi connectivity index (χ3n) is 3.51. The Kier molecular flexibility index (Phi) is 8.09. The maximum Gasteiger partial charge on any atom is 0.276 e. The van der Waals surface area contributed by atoms with Gasteiger partial charge in [0.05, 0.1) is 11.1 Å². The summed E-state index contributed by atoms with van der Waals surface area (Å²) in [7, 11) is 1.59. The van der Waals surface area contributed by atoms with Gasteiger partial charge in [-0.3, -0.25) is 20.4 Å². The summed E-state index contributed by atoms with van der Waals surface area (Å²) in [6.45, 7) is 2.54. The number of carbonyl (C=O) groups is 2. The molecule has 0 unspecified atom stereocenters. The normalized spacial score (nSPS) is 10.2. The van der Waals surface area contributed by atoms with E-state index in [1.165, 1.54) is 0 Å². The summed E-state index contributed by atoms with van der Waals surface area (Å²) in [6.07, 6.45) is 0. The van der Waals surface area contributed by atoms with Gasteiger partial charge in [-0.05, 0) is 52.7 Å². The van der Waals surface area contributed by atoms with E-state index in [-0.39, 0.29) is 6.61 Å². The monoisotopic (exact) mass is 436 g/mol. The lowest BCUT2D eigenvalue weighted by molar-refractivity contribution is -0.123. The first-order valence-electron chi connectivity index (χ1n) is 8.20. The van der Waals surface area contributed by atoms with Gasteiger partial charge in [0, 0.05) is 12.7 Å². The number of ether oxygens (including phenoxy) is 3. The lowest BCUT2D eigenvalue weighted by Crippen LogP contribution is -2.43. The van der Waals surface area contributed by atoms with E-state index >= 15 is 0 Å². The van der Waals surface area contributed by atoms with Gasteiger partial charge in [0.2, 0.25) is 0 Å². The van der Waals surface area contributed by atoms with Crippen LogP contribution in [-0.4, -0.2) is 38.7 Å². The number of amides is 2. The van der Waals surface area contributed by atoms with Crippen LogP contribution in [0.25, 0.3) is 0 Å². The molecule has 0 aliphatic heterocycles. The van der Waals surface area contributed by atoms with Crippen molar-refractivity contribution in [2.75, 3.05) is 26.9 Å². The van der Waals surface area contributed by atoms with Crippen LogP contribution in [0.5, 0.6) is 11.5 Å². The second-order valence-corrected chi connectivity index (χ2v) is 6.40. The summed E-state index contributed by atoms with van der Waals surface area (Å²) >= 11 is 3.35. The van der Waals surface area contributed by atoms with Gasteiger partial charge < -0.3 is 14.2 Å². The molecule has 2 rings (SSSR count). The van der Waals surface area contributed by atoms with Crippen molar-refractivity contribution in [3.8, 4) is 11.5 Å². The molecule has 2 aromatic rings. The Hall–Kier alpha value is -2.58. The van der Waals surface area contributed by atoms with Crippen LogP contribution in [0.2, 0.25) is 0 Å². The number of para-hydroxylation sites is 1. The standard InChI is InChI=1S/C19H21BrN2O5/c1-13-5-3-4-6-16(13)27-12-18(23)21-22-19(24)14-7-8-17(15(20)11-14)26-10-9-25-2/h3-8,11H,9-10,12H2,1-2H3,(H,21,23)(H,22,24). The number of aryl methyl sites for hydroxylation is 1. The lowest BCUT2D eigenvalue weighted by Gasteiger charge is -2.11. The number of rotatable bonds is 8. The van der Waals surface area contributed by atoms with Crippen LogP contribution >= 0.6 is 15.9 Å². The average Bonchev–Trinajstić information content (AvgIpc) is 2.66. The van der Waals surface area contributed by atoms with Gasteiger partial charge in [0.1, 0.15) is 18.1 Å². The van der Waals surface area contributed by atoms with Gasteiger partial charge in [0.25, 0.3) is 11.8 Å². The largest absolute Gasteiger partial charge is 0.490 e. The number of nitrogens with one attached hydrogen (secondary N) is 2. The maximum atomic E-state index is 12.2. The summed E-state index contributed by atoms with van der Waals surface area (Å²) in [5.74, 6) is 0.291. The van der Waals surface area contributed by atoms with Crippen molar-refractivity contribution in [1.29, 1.82) is 0 Å². The van der Waals surface area contributed by atoms with E-state index in [0.717, 1.165) is 5.56 Å². The zero-order valence-corrected chi connectivity index (χ0v) is 16.7. The fourth-order valence-corrected chi connectivity index (χ4v) is 2.58. The summed E-state index contributed by atoms with van der Waals surface area (Å²) in [5, 5.41) is 0. The average molecular weight is 437 g/mol. The summed E-state index contributed by atoms with van der Waals surface area (Å²) in [4.78, 5) is 24.0. The van der Waals surface area contributed by atoms with Gasteiger partial charge in [-0.2, -0.15) is 0 Å². The van der Waals surface area contributed by atoms with Crippen LogP contribution in [0.1, 0.15) is 15.9 Å². The van der Waals surface area contributed by atoms with E-state index < -0.39 is 11.8 Å². The van der Waals surface area contributed by atoms with Gasteiger partial charge in [-0.25, -0.2) is 0 Å². The van der Waals surface area contributed by atoms with Crippen LogP contribution < -0.4 is 20.3 Å². The predicted octanol–water partition coefficient (Wildman–Crippen LogP) is 2.62. The van der Waals surface area contributed by atoms with Gasteiger partial charge in [-0.1, -0.05) is 18.2 Å². The molecule has 0 aliphatic rings. The highest BCUT2D eigenvalue weighted by Crippen LogP contribution is 2.26. The third kappa shape index (κ3) is 6.58. The molecular formula is C19H21BrN2O5. The number of benzene rings is 2. The Balaban J connectivity index is 1.81. The zero-order valence-electron chi connectivity index (χ0n) is 15.1. The third-order valence-corrected chi connectivity index (χ3v) is 4.13. The van der Waals surface area contributed by atoms with Crippen LogP contribution in [-0.2, 0) is 9.53 Å². The van der Waals surface area contributed by atoms with Gasteiger partial charge >= 0.3 is 0 Å². The Labute approximate surface area is 166 Å². The fraction of sp³-hybridized carbons (Fsp3) is 0.263. The molecule has 144 valence electrons. The molecule has 0 saturated carbocycles. The molecule has 2 amide bonds. The second-order valence-electron chi connectivity index (χ2n) is 5.54. The first-order chi connectivity index (χ1) is 13.0. The molecule has 7 nitrogen and oxygen atoms in total. The molecule has 0 saturated heterocycles. The molecule has 2 aromatic carbocycles. The highest BCUT2D eigenvalue weighted by atomic mass is 79.9. The molecule has 27 heavy (non-hydrogen) atoms. The highest BCUT2D eigenvalue weighted by molar-refractivity contribution is 9.10. The Morgan fingerprint density at radius 2 is 1.78 bits per heavy atom. The Morgan fingerprint density at radius 1 is 1.00 bits per heavy atom. The predicted molar refractivity (Wildman–Crippen MR) is 104 cm³/mol. The number of hydrazine groups is 1. The number of carbonyl (C=O) groups excluding carboxylic acids is 2. The topological polar surface area (TPSA) is 85.9 Å². The van der Waals surface area contributed by atoms with Crippen molar-refractivity contribution in [2.45, 2.75) is 6.92 Å². The molecule has 0 heterocycles. The van der Waals surface area contributed by atoms with E-state index in [0.29, 0.717) is 34.7 Å². The van der Waals surface area contributed by atoms with E-state index in [9.17, 15) is 9.59 Å².